The Balaban J connectivity index is 1.56. The van der Waals surface area contributed by atoms with Crippen LogP contribution in [0.5, 0.6) is 0 Å². The van der Waals surface area contributed by atoms with Gasteiger partial charge in [-0.05, 0) is 42.3 Å². The van der Waals surface area contributed by atoms with Crippen LogP contribution in [0.2, 0.25) is 5.02 Å². The van der Waals surface area contributed by atoms with Crippen LogP contribution < -0.4 is 4.90 Å². The summed E-state index contributed by atoms with van der Waals surface area (Å²) in [5.41, 5.74) is 1.57. The van der Waals surface area contributed by atoms with E-state index in [0.29, 0.717) is 22.2 Å². The maximum absolute atomic E-state index is 13.6. The molecule has 0 aliphatic heterocycles. The summed E-state index contributed by atoms with van der Waals surface area (Å²) in [6, 6.07) is 11.7. The van der Waals surface area contributed by atoms with E-state index in [4.69, 9.17) is 11.6 Å². The van der Waals surface area contributed by atoms with Crippen molar-refractivity contribution >= 4 is 44.2 Å². The molecule has 4 aromatic rings. The molecule has 2 aromatic heterocycles. The first-order valence-electron chi connectivity index (χ1n) is 9.15. The van der Waals surface area contributed by atoms with Gasteiger partial charge in [-0.2, -0.15) is 0 Å². The molecule has 0 unspecified atom stereocenters. The van der Waals surface area contributed by atoms with Crippen LogP contribution in [0.4, 0.5) is 9.52 Å². The van der Waals surface area contributed by atoms with E-state index in [1.807, 2.05) is 22.9 Å². The number of fused-ring (bicyclic) bond motifs is 1. The molecule has 8 heteroatoms. The lowest BCUT2D eigenvalue weighted by Gasteiger charge is -2.20. The standard InChI is InChI=1S/C21H18ClFN4OS/c22-16-4-2-15(3-5-16)12-20(28)27(10-1-9-26-11-8-24-14-26)21-25-18-7-6-17(23)13-19(18)29-21/h2-8,11,13-14H,1,9-10,12H2. The number of benzene rings is 2. The minimum Gasteiger partial charge on any atom is -0.337 e. The smallest absolute Gasteiger partial charge is 0.233 e. The average molecular weight is 429 g/mol. The Morgan fingerprint density at radius 1 is 1.21 bits per heavy atom. The van der Waals surface area contributed by atoms with Crippen molar-refractivity contribution in [2.75, 3.05) is 11.4 Å². The van der Waals surface area contributed by atoms with Crippen LogP contribution in [-0.4, -0.2) is 27.0 Å². The van der Waals surface area contributed by atoms with Gasteiger partial charge in [0.15, 0.2) is 5.13 Å². The highest BCUT2D eigenvalue weighted by molar-refractivity contribution is 7.22. The summed E-state index contributed by atoms with van der Waals surface area (Å²) in [6.45, 7) is 1.25. The number of carbonyl (C=O) groups is 1. The highest BCUT2D eigenvalue weighted by Gasteiger charge is 2.20. The lowest BCUT2D eigenvalue weighted by Crippen LogP contribution is -2.33. The van der Waals surface area contributed by atoms with Gasteiger partial charge in [0.05, 0.1) is 23.0 Å². The second-order valence-corrected chi connectivity index (χ2v) is 8.06. The lowest BCUT2D eigenvalue weighted by atomic mass is 10.1. The molecule has 0 aliphatic carbocycles. The molecule has 0 radical (unpaired) electrons. The first-order chi connectivity index (χ1) is 14.1. The summed E-state index contributed by atoms with van der Waals surface area (Å²) < 4.78 is 16.3. The molecule has 1 amide bonds. The minimum atomic E-state index is -0.313. The molecule has 5 nitrogen and oxygen atoms in total. The van der Waals surface area contributed by atoms with Crippen LogP contribution >= 0.6 is 22.9 Å². The largest absolute Gasteiger partial charge is 0.337 e. The van der Waals surface area contributed by atoms with Gasteiger partial charge in [0.2, 0.25) is 5.91 Å². The van der Waals surface area contributed by atoms with E-state index in [1.54, 1.807) is 35.6 Å². The normalized spacial score (nSPS) is 11.1. The maximum atomic E-state index is 13.6. The third-order valence-electron chi connectivity index (χ3n) is 4.50. The van der Waals surface area contributed by atoms with Crippen molar-refractivity contribution < 1.29 is 9.18 Å². The summed E-state index contributed by atoms with van der Waals surface area (Å²) >= 11 is 7.26. The fourth-order valence-electron chi connectivity index (χ4n) is 3.03. The zero-order valence-corrected chi connectivity index (χ0v) is 17.0. The number of halogens is 2. The van der Waals surface area contributed by atoms with Crippen LogP contribution in [0.1, 0.15) is 12.0 Å². The van der Waals surface area contributed by atoms with Crippen LogP contribution in [0.15, 0.2) is 61.2 Å². The third kappa shape index (κ3) is 4.81. The summed E-state index contributed by atoms with van der Waals surface area (Å²) in [7, 11) is 0. The molecule has 0 saturated carbocycles. The molecule has 148 valence electrons. The second kappa shape index (κ2) is 8.71. The van der Waals surface area contributed by atoms with Gasteiger partial charge in [-0.3, -0.25) is 9.69 Å². The molecule has 29 heavy (non-hydrogen) atoms. The van der Waals surface area contributed by atoms with Gasteiger partial charge in [-0.25, -0.2) is 14.4 Å². The van der Waals surface area contributed by atoms with Crippen molar-refractivity contribution in [3.63, 3.8) is 0 Å². The van der Waals surface area contributed by atoms with Crippen molar-refractivity contribution in [3.8, 4) is 0 Å². The zero-order valence-electron chi connectivity index (χ0n) is 15.5. The van der Waals surface area contributed by atoms with Gasteiger partial charge >= 0.3 is 0 Å². The van der Waals surface area contributed by atoms with Crippen LogP contribution in [0.25, 0.3) is 10.2 Å². The van der Waals surface area contributed by atoms with Gasteiger partial charge in [0.1, 0.15) is 5.82 Å². The number of anilines is 1. The molecule has 0 N–H and O–H groups in total. The molecule has 4 rings (SSSR count). The third-order valence-corrected chi connectivity index (χ3v) is 5.79. The Labute approximate surface area is 176 Å². The average Bonchev–Trinajstić information content (AvgIpc) is 3.36. The Morgan fingerprint density at radius 2 is 2.03 bits per heavy atom. The predicted octanol–water partition coefficient (Wildman–Crippen LogP) is 4.95. The molecule has 0 saturated heterocycles. The maximum Gasteiger partial charge on any atom is 0.233 e. The number of amides is 1. The van der Waals surface area contributed by atoms with E-state index in [-0.39, 0.29) is 18.1 Å². The van der Waals surface area contributed by atoms with E-state index < -0.39 is 0 Å². The first-order valence-corrected chi connectivity index (χ1v) is 10.3. The molecule has 0 atom stereocenters. The monoisotopic (exact) mass is 428 g/mol. The van der Waals surface area contributed by atoms with E-state index in [2.05, 4.69) is 9.97 Å². The number of nitrogens with zero attached hydrogens (tertiary/aromatic N) is 4. The first kappa shape index (κ1) is 19.5. The fourth-order valence-corrected chi connectivity index (χ4v) is 4.19. The number of aromatic nitrogens is 3. The number of carbonyl (C=O) groups excluding carboxylic acids is 1. The number of aryl methyl sites for hydroxylation is 1. The van der Waals surface area contributed by atoms with Crippen molar-refractivity contribution in [1.82, 2.24) is 14.5 Å². The SMILES string of the molecule is O=C(Cc1ccc(Cl)cc1)N(CCCn1ccnc1)c1nc2ccc(F)cc2s1. The Kier molecular flexibility index (Phi) is 5.87. The second-order valence-electron chi connectivity index (χ2n) is 6.61. The minimum absolute atomic E-state index is 0.0579. The molecular weight excluding hydrogens is 411 g/mol. The lowest BCUT2D eigenvalue weighted by molar-refractivity contribution is -0.118. The summed E-state index contributed by atoms with van der Waals surface area (Å²) in [6.07, 6.45) is 6.35. The summed E-state index contributed by atoms with van der Waals surface area (Å²) in [4.78, 5) is 23.4. The molecular formula is C21H18ClFN4OS. The van der Waals surface area contributed by atoms with Gasteiger partial charge in [0.25, 0.3) is 0 Å². The van der Waals surface area contributed by atoms with Gasteiger partial charge in [0, 0.05) is 30.5 Å². The fraction of sp³-hybridized carbons (Fsp3) is 0.190. The van der Waals surface area contributed by atoms with Gasteiger partial charge in [-0.15, -0.1) is 0 Å². The quantitative estimate of drug-likeness (QED) is 0.418. The zero-order chi connectivity index (χ0) is 20.2. The van der Waals surface area contributed by atoms with Crippen molar-refractivity contribution in [3.05, 3.63) is 77.6 Å². The van der Waals surface area contributed by atoms with E-state index in [9.17, 15) is 9.18 Å². The molecule has 0 bridgehead atoms. The highest BCUT2D eigenvalue weighted by atomic mass is 35.5. The van der Waals surface area contributed by atoms with Crippen molar-refractivity contribution in [2.45, 2.75) is 19.4 Å². The van der Waals surface area contributed by atoms with E-state index in [0.717, 1.165) is 23.2 Å². The molecule has 0 spiro atoms. The molecule has 0 aliphatic rings. The number of hydrogen-bond donors (Lipinski definition) is 0. The Morgan fingerprint density at radius 3 is 2.79 bits per heavy atom. The summed E-state index contributed by atoms with van der Waals surface area (Å²) in [5, 5.41) is 1.21. The van der Waals surface area contributed by atoms with Crippen molar-refractivity contribution in [1.29, 1.82) is 0 Å². The Hall–Kier alpha value is -2.77. The predicted molar refractivity (Wildman–Crippen MR) is 114 cm³/mol. The van der Waals surface area contributed by atoms with E-state index in [1.165, 1.54) is 23.5 Å². The molecule has 2 heterocycles. The topological polar surface area (TPSA) is 51.0 Å². The number of thiazole rings is 1. The van der Waals surface area contributed by atoms with Gasteiger partial charge < -0.3 is 4.57 Å². The van der Waals surface area contributed by atoms with Crippen LogP contribution in [0, 0.1) is 5.82 Å². The van der Waals surface area contributed by atoms with Crippen LogP contribution in [-0.2, 0) is 17.8 Å². The molecule has 0 fully saturated rings. The highest BCUT2D eigenvalue weighted by Crippen LogP contribution is 2.30. The van der Waals surface area contributed by atoms with E-state index >= 15 is 0 Å². The molecule has 2 aromatic carbocycles. The Bertz CT molecular complexity index is 1110. The number of rotatable bonds is 7. The van der Waals surface area contributed by atoms with Crippen molar-refractivity contribution in [2.24, 2.45) is 0 Å². The summed E-state index contributed by atoms with van der Waals surface area (Å²) in [5.74, 6) is -0.371. The van der Waals surface area contributed by atoms with Gasteiger partial charge in [-0.1, -0.05) is 35.1 Å². The van der Waals surface area contributed by atoms with Crippen LogP contribution in [0.3, 0.4) is 0 Å². The number of hydrogen-bond acceptors (Lipinski definition) is 4. The number of imidazole rings is 1.